The van der Waals surface area contributed by atoms with Crippen molar-refractivity contribution in [1.82, 2.24) is 10.6 Å². The quantitative estimate of drug-likeness (QED) is 0.834. The molecule has 0 spiro atoms. The zero-order chi connectivity index (χ0) is 17.6. The van der Waals surface area contributed by atoms with Crippen LogP contribution in [0.15, 0.2) is 48.5 Å². The number of piperidine rings is 1. The zero-order valence-electron chi connectivity index (χ0n) is 14.7. The molecule has 26 heavy (non-hydrogen) atoms. The zero-order valence-corrected chi connectivity index (χ0v) is 15.5. The number of amides is 1. The van der Waals surface area contributed by atoms with E-state index in [1.54, 1.807) is 18.2 Å². The molecule has 0 aliphatic carbocycles. The third-order valence-corrected chi connectivity index (χ3v) is 4.35. The summed E-state index contributed by atoms with van der Waals surface area (Å²) in [6.07, 6.45) is 1.88. The summed E-state index contributed by atoms with van der Waals surface area (Å²) in [5.41, 5.74) is 1.49. The second-order valence-electron chi connectivity index (χ2n) is 6.50. The normalized spacial score (nSPS) is 19.3. The van der Waals surface area contributed by atoms with Crippen molar-refractivity contribution >= 4 is 18.3 Å². The Morgan fingerprint density at radius 3 is 2.85 bits per heavy atom. The molecule has 6 heteroatoms. The van der Waals surface area contributed by atoms with Gasteiger partial charge >= 0.3 is 0 Å². The van der Waals surface area contributed by atoms with E-state index in [4.69, 9.17) is 4.74 Å². The summed E-state index contributed by atoms with van der Waals surface area (Å²) in [7, 11) is 0. The molecule has 0 aromatic heterocycles. The van der Waals surface area contributed by atoms with E-state index >= 15 is 0 Å². The summed E-state index contributed by atoms with van der Waals surface area (Å²) in [5, 5.41) is 6.48. The van der Waals surface area contributed by atoms with Crippen molar-refractivity contribution in [3.8, 4) is 5.75 Å². The first kappa shape index (κ1) is 20.2. The van der Waals surface area contributed by atoms with Crippen molar-refractivity contribution in [1.29, 1.82) is 0 Å². The molecule has 2 aromatic carbocycles. The van der Waals surface area contributed by atoms with Crippen LogP contribution < -0.4 is 15.4 Å². The second-order valence-corrected chi connectivity index (χ2v) is 6.50. The van der Waals surface area contributed by atoms with E-state index in [0.29, 0.717) is 17.4 Å². The lowest BCUT2D eigenvalue weighted by molar-refractivity contribution is 0.0925. The smallest absolute Gasteiger partial charge is 0.251 e. The average Bonchev–Trinajstić information content (AvgIpc) is 2.60. The van der Waals surface area contributed by atoms with Crippen LogP contribution in [0.4, 0.5) is 4.39 Å². The lowest BCUT2D eigenvalue weighted by atomic mass is 10.00. The Hall–Kier alpha value is -2.11. The number of hydrogen-bond donors (Lipinski definition) is 2. The first-order chi connectivity index (χ1) is 12.1. The van der Waals surface area contributed by atoms with Crippen molar-refractivity contribution in [2.24, 2.45) is 0 Å². The van der Waals surface area contributed by atoms with Crippen LogP contribution in [0.1, 0.15) is 35.7 Å². The summed E-state index contributed by atoms with van der Waals surface area (Å²) in [6, 6.07) is 14.0. The van der Waals surface area contributed by atoms with Crippen molar-refractivity contribution < 1.29 is 13.9 Å². The highest BCUT2D eigenvalue weighted by molar-refractivity contribution is 5.94. The first-order valence-electron chi connectivity index (χ1n) is 8.62. The number of hydrogen-bond acceptors (Lipinski definition) is 3. The highest BCUT2D eigenvalue weighted by Crippen LogP contribution is 2.15. The topological polar surface area (TPSA) is 50.4 Å². The van der Waals surface area contributed by atoms with Gasteiger partial charge in [0.2, 0.25) is 0 Å². The number of ether oxygens (including phenoxy) is 1. The summed E-state index contributed by atoms with van der Waals surface area (Å²) in [5.74, 6) is 0.0760. The standard InChI is InChI=1S/C20H23FN2O2.ClH/c1-14-10-18(8-9-22-14)23-20(24)16-5-2-4-15(11-16)13-25-19-7-3-6-17(21)12-19;/h2-7,11-12,14,18,22H,8-10,13H2,1H3,(H,23,24);1H. The van der Waals surface area contributed by atoms with Crippen molar-refractivity contribution in [2.45, 2.75) is 38.5 Å². The molecule has 1 saturated heterocycles. The molecule has 2 atom stereocenters. The molecule has 0 radical (unpaired) electrons. The fraction of sp³-hybridized carbons (Fsp3) is 0.350. The maximum absolute atomic E-state index is 13.2. The Morgan fingerprint density at radius 2 is 2.08 bits per heavy atom. The molecule has 2 aromatic rings. The number of rotatable bonds is 5. The predicted octanol–water partition coefficient (Wildman–Crippen LogP) is 3.70. The summed E-state index contributed by atoms with van der Waals surface area (Å²) in [6.45, 7) is 3.34. The fourth-order valence-electron chi connectivity index (χ4n) is 3.06. The van der Waals surface area contributed by atoms with Gasteiger partial charge in [-0.3, -0.25) is 4.79 Å². The first-order valence-corrected chi connectivity index (χ1v) is 8.62. The van der Waals surface area contributed by atoms with Gasteiger partial charge in [0.05, 0.1) is 0 Å². The Balaban J connectivity index is 0.00000243. The van der Waals surface area contributed by atoms with E-state index in [1.165, 1.54) is 12.1 Å². The van der Waals surface area contributed by atoms with Gasteiger partial charge in [0.25, 0.3) is 5.91 Å². The molecule has 2 unspecified atom stereocenters. The third-order valence-electron chi connectivity index (χ3n) is 4.35. The number of carbonyl (C=O) groups excluding carboxylic acids is 1. The van der Waals surface area contributed by atoms with Gasteiger partial charge in [-0.1, -0.05) is 18.2 Å². The minimum Gasteiger partial charge on any atom is -0.489 e. The molecule has 0 bridgehead atoms. The monoisotopic (exact) mass is 378 g/mol. The highest BCUT2D eigenvalue weighted by Gasteiger charge is 2.20. The van der Waals surface area contributed by atoms with E-state index < -0.39 is 0 Å². The van der Waals surface area contributed by atoms with Crippen LogP contribution in [0.3, 0.4) is 0 Å². The van der Waals surface area contributed by atoms with Crippen molar-refractivity contribution in [3.63, 3.8) is 0 Å². The van der Waals surface area contributed by atoms with Gasteiger partial charge in [-0.25, -0.2) is 4.39 Å². The molecule has 4 nitrogen and oxygen atoms in total. The molecule has 0 saturated carbocycles. The van der Waals surface area contributed by atoms with E-state index in [2.05, 4.69) is 17.6 Å². The SMILES string of the molecule is CC1CC(NC(=O)c2cccc(COc3cccc(F)c3)c2)CCN1.Cl. The van der Waals surface area contributed by atoms with Crippen LogP contribution in [0.25, 0.3) is 0 Å². The van der Waals surface area contributed by atoms with Crippen LogP contribution in [0.2, 0.25) is 0 Å². The van der Waals surface area contributed by atoms with Crippen LogP contribution in [0.5, 0.6) is 5.75 Å². The van der Waals surface area contributed by atoms with Crippen LogP contribution >= 0.6 is 12.4 Å². The largest absolute Gasteiger partial charge is 0.489 e. The van der Waals surface area contributed by atoms with Gasteiger partial charge in [-0.2, -0.15) is 0 Å². The summed E-state index contributed by atoms with van der Waals surface area (Å²) < 4.78 is 18.8. The number of carbonyl (C=O) groups is 1. The molecule has 1 fully saturated rings. The summed E-state index contributed by atoms with van der Waals surface area (Å²) >= 11 is 0. The van der Waals surface area contributed by atoms with Gasteiger partial charge in [0.15, 0.2) is 0 Å². The Kier molecular flexibility index (Phi) is 7.42. The molecular formula is C20H24ClFN2O2. The van der Waals surface area contributed by atoms with Crippen LogP contribution in [0, 0.1) is 5.82 Å². The van der Waals surface area contributed by atoms with Crippen molar-refractivity contribution in [3.05, 3.63) is 65.5 Å². The second kappa shape index (κ2) is 9.55. The Morgan fingerprint density at radius 1 is 1.27 bits per heavy atom. The van der Waals surface area contributed by atoms with Crippen molar-refractivity contribution in [2.75, 3.05) is 6.54 Å². The molecular weight excluding hydrogens is 355 g/mol. The fourth-order valence-corrected chi connectivity index (χ4v) is 3.06. The molecule has 2 N–H and O–H groups in total. The lowest BCUT2D eigenvalue weighted by Crippen LogP contribution is -2.46. The number of benzene rings is 2. The predicted molar refractivity (Wildman–Crippen MR) is 102 cm³/mol. The van der Waals surface area contributed by atoms with Gasteiger partial charge in [0.1, 0.15) is 18.2 Å². The highest BCUT2D eigenvalue weighted by atomic mass is 35.5. The molecule has 3 rings (SSSR count). The molecule has 1 heterocycles. The van der Waals surface area contributed by atoms with Crippen LogP contribution in [-0.2, 0) is 6.61 Å². The van der Waals surface area contributed by atoms with Gasteiger partial charge in [-0.15, -0.1) is 12.4 Å². The van der Waals surface area contributed by atoms with E-state index in [9.17, 15) is 9.18 Å². The lowest BCUT2D eigenvalue weighted by Gasteiger charge is -2.28. The number of halogens is 2. The maximum atomic E-state index is 13.2. The third kappa shape index (κ3) is 5.71. The minimum atomic E-state index is -0.332. The van der Waals surface area contributed by atoms with Gasteiger partial charge in [-0.05, 0) is 56.1 Å². The van der Waals surface area contributed by atoms with Gasteiger partial charge < -0.3 is 15.4 Å². The average molecular weight is 379 g/mol. The molecule has 1 aliphatic rings. The van der Waals surface area contributed by atoms with E-state index in [-0.39, 0.29) is 36.8 Å². The Bertz CT molecular complexity index is 741. The van der Waals surface area contributed by atoms with E-state index in [1.807, 2.05) is 18.2 Å². The van der Waals surface area contributed by atoms with E-state index in [0.717, 1.165) is 24.9 Å². The summed E-state index contributed by atoms with van der Waals surface area (Å²) in [4.78, 5) is 12.5. The van der Waals surface area contributed by atoms with Gasteiger partial charge in [0, 0.05) is 23.7 Å². The molecule has 140 valence electrons. The molecule has 1 aliphatic heterocycles. The maximum Gasteiger partial charge on any atom is 0.251 e. The van der Waals surface area contributed by atoms with Crippen LogP contribution in [-0.4, -0.2) is 24.5 Å². The minimum absolute atomic E-state index is 0. The molecule has 1 amide bonds. The number of nitrogens with one attached hydrogen (secondary N) is 2. The Labute approximate surface area is 159 Å².